The first-order chi connectivity index (χ1) is 8.67. The molecule has 0 amide bonds. The predicted molar refractivity (Wildman–Crippen MR) is 84.5 cm³/mol. The molecule has 1 aromatic heterocycles. The van der Waals surface area contributed by atoms with E-state index in [0.29, 0.717) is 5.41 Å². The molecule has 1 aliphatic carbocycles. The fourth-order valence-electron chi connectivity index (χ4n) is 3.54. The van der Waals surface area contributed by atoms with Gasteiger partial charge in [-0.05, 0) is 59.6 Å². The summed E-state index contributed by atoms with van der Waals surface area (Å²) in [6.07, 6.45) is 5.11. The van der Waals surface area contributed by atoms with E-state index < -0.39 is 0 Å². The van der Waals surface area contributed by atoms with Gasteiger partial charge in [0.1, 0.15) is 0 Å². The number of nitrogens with one attached hydrogen (secondary N) is 1. The van der Waals surface area contributed by atoms with E-state index in [-0.39, 0.29) is 0 Å². The van der Waals surface area contributed by atoms with Gasteiger partial charge in [0, 0.05) is 26.7 Å². The van der Waals surface area contributed by atoms with E-state index in [1.807, 2.05) is 11.3 Å². The highest BCUT2D eigenvalue weighted by Crippen LogP contribution is 2.58. The van der Waals surface area contributed by atoms with Crippen LogP contribution in [0.25, 0.3) is 0 Å². The van der Waals surface area contributed by atoms with Crippen LogP contribution in [0, 0.1) is 5.41 Å². The summed E-state index contributed by atoms with van der Waals surface area (Å²) in [7, 11) is 0. The second-order valence-electron chi connectivity index (χ2n) is 5.40. The standard InChI is InChI=1S/C15H24BrNS/c1-4-7-17-14-9-12(15(14,5-2)6-3)13-8-11(16)10-18-13/h8,10,12,14,17H,4-7,9H2,1-3H3. The van der Waals surface area contributed by atoms with Crippen molar-refractivity contribution in [2.45, 2.75) is 58.4 Å². The number of rotatable bonds is 6. The Morgan fingerprint density at radius 3 is 2.61 bits per heavy atom. The van der Waals surface area contributed by atoms with Gasteiger partial charge in [0.2, 0.25) is 0 Å². The highest BCUT2D eigenvalue weighted by molar-refractivity contribution is 9.10. The predicted octanol–water partition coefficient (Wildman–Crippen LogP) is 5.17. The Labute approximate surface area is 123 Å². The minimum absolute atomic E-state index is 0.486. The van der Waals surface area contributed by atoms with E-state index in [9.17, 15) is 0 Å². The van der Waals surface area contributed by atoms with Crippen LogP contribution < -0.4 is 5.32 Å². The van der Waals surface area contributed by atoms with Crippen molar-refractivity contribution in [3.05, 3.63) is 20.8 Å². The molecule has 1 aromatic rings. The molecule has 1 fully saturated rings. The summed E-state index contributed by atoms with van der Waals surface area (Å²) in [5.41, 5.74) is 0.486. The van der Waals surface area contributed by atoms with Crippen molar-refractivity contribution in [1.29, 1.82) is 0 Å². The fraction of sp³-hybridized carbons (Fsp3) is 0.733. The van der Waals surface area contributed by atoms with Gasteiger partial charge >= 0.3 is 0 Å². The Bertz CT molecular complexity index is 384. The summed E-state index contributed by atoms with van der Waals surface area (Å²) >= 11 is 5.50. The summed E-state index contributed by atoms with van der Waals surface area (Å²) in [6.45, 7) is 8.13. The second-order valence-corrected chi connectivity index (χ2v) is 7.26. The molecule has 0 aliphatic heterocycles. The molecular weight excluding hydrogens is 306 g/mol. The van der Waals surface area contributed by atoms with E-state index in [4.69, 9.17) is 0 Å². The van der Waals surface area contributed by atoms with Crippen molar-refractivity contribution in [2.24, 2.45) is 5.41 Å². The summed E-state index contributed by atoms with van der Waals surface area (Å²) < 4.78 is 1.24. The molecule has 3 heteroatoms. The molecule has 2 rings (SSSR count). The molecule has 0 radical (unpaired) electrons. The van der Waals surface area contributed by atoms with E-state index >= 15 is 0 Å². The highest BCUT2D eigenvalue weighted by atomic mass is 79.9. The van der Waals surface area contributed by atoms with Crippen LogP contribution >= 0.6 is 27.3 Å². The SMILES string of the molecule is CCCNC1CC(c2cc(Br)cs2)C1(CC)CC. The lowest BCUT2D eigenvalue weighted by Gasteiger charge is -2.56. The van der Waals surface area contributed by atoms with Crippen LogP contribution in [0.2, 0.25) is 0 Å². The van der Waals surface area contributed by atoms with Gasteiger partial charge in [-0.3, -0.25) is 0 Å². The molecular formula is C15H24BrNS. The van der Waals surface area contributed by atoms with Crippen molar-refractivity contribution in [3.63, 3.8) is 0 Å². The van der Waals surface area contributed by atoms with Gasteiger partial charge in [0.15, 0.2) is 0 Å². The quantitative estimate of drug-likeness (QED) is 0.758. The maximum atomic E-state index is 3.76. The lowest BCUT2D eigenvalue weighted by atomic mass is 9.53. The van der Waals surface area contributed by atoms with Crippen LogP contribution in [0.1, 0.15) is 57.2 Å². The van der Waals surface area contributed by atoms with Gasteiger partial charge in [-0.15, -0.1) is 11.3 Å². The third-order valence-electron chi connectivity index (χ3n) is 4.75. The summed E-state index contributed by atoms with van der Waals surface area (Å²) in [4.78, 5) is 1.57. The molecule has 102 valence electrons. The summed E-state index contributed by atoms with van der Waals surface area (Å²) in [5, 5.41) is 5.98. The van der Waals surface area contributed by atoms with Crippen molar-refractivity contribution in [3.8, 4) is 0 Å². The summed E-state index contributed by atoms with van der Waals surface area (Å²) in [5.74, 6) is 0.762. The lowest BCUT2D eigenvalue weighted by Crippen LogP contribution is -2.58. The van der Waals surface area contributed by atoms with Crippen LogP contribution in [-0.4, -0.2) is 12.6 Å². The average Bonchev–Trinajstić information content (AvgIpc) is 2.76. The lowest BCUT2D eigenvalue weighted by molar-refractivity contribution is 0.0220. The Balaban J connectivity index is 2.13. The van der Waals surface area contributed by atoms with E-state index in [0.717, 1.165) is 18.5 Å². The molecule has 2 unspecified atom stereocenters. The van der Waals surface area contributed by atoms with Crippen LogP contribution in [0.5, 0.6) is 0 Å². The van der Waals surface area contributed by atoms with Gasteiger partial charge in [-0.25, -0.2) is 0 Å². The van der Waals surface area contributed by atoms with Crippen molar-refractivity contribution in [1.82, 2.24) is 5.32 Å². The zero-order chi connectivity index (χ0) is 13.2. The largest absolute Gasteiger partial charge is 0.313 e. The topological polar surface area (TPSA) is 12.0 Å². The van der Waals surface area contributed by atoms with Crippen LogP contribution in [0.3, 0.4) is 0 Å². The third-order valence-corrected chi connectivity index (χ3v) is 6.55. The zero-order valence-electron chi connectivity index (χ0n) is 11.6. The van der Waals surface area contributed by atoms with Gasteiger partial charge < -0.3 is 5.32 Å². The fourth-order valence-corrected chi connectivity index (χ4v) is 5.22. The molecule has 0 saturated heterocycles. The van der Waals surface area contributed by atoms with Crippen LogP contribution in [0.15, 0.2) is 15.9 Å². The first-order valence-electron chi connectivity index (χ1n) is 7.15. The third kappa shape index (κ3) is 2.41. The van der Waals surface area contributed by atoms with Crippen LogP contribution in [-0.2, 0) is 0 Å². The molecule has 0 bridgehead atoms. The van der Waals surface area contributed by atoms with Gasteiger partial charge in [0.25, 0.3) is 0 Å². The van der Waals surface area contributed by atoms with Crippen molar-refractivity contribution < 1.29 is 0 Å². The van der Waals surface area contributed by atoms with Crippen molar-refractivity contribution >= 4 is 27.3 Å². The average molecular weight is 330 g/mol. The van der Waals surface area contributed by atoms with Gasteiger partial charge in [-0.1, -0.05) is 20.8 Å². The molecule has 1 heterocycles. The smallest absolute Gasteiger partial charge is 0.0285 e. The van der Waals surface area contributed by atoms with Crippen LogP contribution in [0.4, 0.5) is 0 Å². The maximum absolute atomic E-state index is 3.76. The molecule has 1 aliphatic rings. The molecule has 2 atom stereocenters. The number of halogens is 1. The summed E-state index contributed by atoms with van der Waals surface area (Å²) in [6, 6.07) is 3.05. The number of hydrogen-bond donors (Lipinski definition) is 1. The van der Waals surface area contributed by atoms with Crippen molar-refractivity contribution in [2.75, 3.05) is 6.54 Å². The first kappa shape index (κ1) is 14.5. The Morgan fingerprint density at radius 2 is 2.11 bits per heavy atom. The zero-order valence-corrected chi connectivity index (χ0v) is 14.0. The molecule has 1 saturated carbocycles. The molecule has 1 N–H and O–H groups in total. The Kier molecular flexibility index (Phi) is 4.90. The molecule has 0 aromatic carbocycles. The number of hydrogen-bond acceptors (Lipinski definition) is 2. The molecule has 1 nitrogen and oxygen atoms in total. The number of thiophene rings is 1. The minimum Gasteiger partial charge on any atom is -0.313 e. The normalized spacial score (nSPS) is 26.0. The first-order valence-corrected chi connectivity index (χ1v) is 8.82. The molecule has 0 spiro atoms. The Hall–Kier alpha value is 0.140. The van der Waals surface area contributed by atoms with E-state index in [1.54, 1.807) is 4.88 Å². The van der Waals surface area contributed by atoms with E-state index in [2.05, 4.69) is 53.5 Å². The maximum Gasteiger partial charge on any atom is 0.0285 e. The Morgan fingerprint density at radius 1 is 1.39 bits per heavy atom. The molecule has 18 heavy (non-hydrogen) atoms. The monoisotopic (exact) mass is 329 g/mol. The minimum atomic E-state index is 0.486. The van der Waals surface area contributed by atoms with E-state index in [1.165, 1.54) is 30.2 Å². The second kappa shape index (κ2) is 6.06. The van der Waals surface area contributed by atoms with Gasteiger partial charge in [0.05, 0.1) is 0 Å². The highest BCUT2D eigenvalue weighted by Gasteiger charge is 2.52. The van der Waals surface area contributed by atoms with Gasteiger partial charge in [-0.2, -0.15) is 0 Å².